The summed E-state index contributed by atoms with van der Waals surface area (Å²) < 4.78 is 13.5. The Kier molecular flexibility index (Phi) is 16.3. The van der Waals surface area contributed by atoms with Crippen LogP contribution in [0.1, 0.15) is 11.1 Å². The molecule has 0 aliphatic heterocycles. The van der Waals surface area contributed by atoms with Crippen LogP contribution >= 0.6 is 0 Å². The maximum atomic E-state index is 6.99. The van der Waals surface area contributed by atoms with Crippen LogP contribution in [0.4, 0.5) is 34.1 Å². The second-order valence-corrected chi connectivity index (χ2v) is 28.8. The highest BCUT2D eigenvalue weighted by molar-refractivity contribution is 6.16. The molecular weight excluding hydrogens is 1330 g/mol. The van der Waals surface area contributed by atoms with Gasteiger partial charge in [-0.05, 0) is 227 Å². The molecule has 0 N–H and O–H groups in total. The molecule has 20 aromatic rings. The molecule has 110 heavy (non-hydrogen) atoms. The number of aryl methyl sites for hydroxylation is 2. The third-order valence-electron chi connectivity index (χ3n) is 22.2. The van der Waals surface area contributed by atoms with Gasteiger partial charge in [0.05, 0.1) is 0 Å². The Bertz CT molecular complexity index is 6850. The van der Waals surface area contributed by atoms with Crippen molar-refractivity contribution in [2.75, 3.05) is 9.80 Å². The molecule has 0 fully saturated rings. The zero-order valence-electron chi connectivity index (χ0n) is 60.8. The van der Waals surface area contributed by atoms with Crippen molar-refractivity contribution < 1.29 is 8.83 Å². The van der Waals surface area contributed by atoms with Gasteiger partial charge >= 0.3 is 0 Å². The van der Waals surface area contributed by atoms with Gasteiger partial charge in [0.25, 0.3) is 0 Å². The van der Waals surface area contributed by atoms with E-state index < -0.39 is 0 Å². The quantitative estimate of drug-likeness (QED) is 0.102. The Morgan fingerprint density at radius 1 is 0.191 bits per heavy atom. The Morgan fingerprint density at radius 2 is 0.555 bits per heavy atom. The second-order valence-electron chi connectivity index (χ2n) is 28.8. The van der Waals surface area contributed by atoms with Crippen LogP contribution in [-0.2, 0) is 0 Å². The van der Waals surface area contributed by atoms with Crippen molar-refractivity contribution >= 4 is 99.5 Å². The Hall–Kier alpha value is -14.3. The van der Waals surface area contributed by atoms with Crippen LogP contribution in [-0.4, -0.2) is 0 Å². The van der Waals surface area contributed by atoms with E-state index >= 15 is 0 Å². The molecule has 0 radical (unpaired) electrons. The summed E-state index contributed by atoms with van der Waals surface area (Å²) in [7, 11) is 0. The number of hydrogen-bond acceptors (Lipinski definition) is 4. The highest BCUT2D eigenvalue weighted by Crippen LogP contribution is 2.46. The number of benzene rings is 18. The van der Waals surface area contributed by atoms with Crippen molar-refractivity contribution in [2.45, 2.75) is 13.8 Å². The third-order valence-corrected chi connectivity index (χ3v) is 22.2. The van der Waals surface area contributed by atoms with Crippen LogP contribution in [0.5, 0.6) is 0 Å². The van der Waals surface area contributed by atoms with Gasteiger partial charge in [0, 0.05) is 66.8 Å². The fourth-order valence-corrected chi connectivity index (χ4v) is 16.7. The number of furan rings is 2. The summed E-state index contributed by atoms with van der Waals surface area (Å²) >= 11 is 0. The Balaban J connectivity index is 0.601. The van der Waals surface area contributed by atoms with Crippen LogP contribution in [0.3, 0.4) is 0 Å². The van der Waals surface area contributed by atoms with E-state index in [-0.39, 0.29) is 0 Å². The van der Waals surface area contributed by atoms with Gasteiger partial charge in [0.1, 0.15) is 22.3 Å². The molecular formula is C106H72N2O2. The van der Waals surface area contributed by atoms with Crippen LogP contribution in [0.15, 0.2) is 409 Å². The minimum atomic E-state index is 0.846. The molecule has 0 aliphatic carbocycles. The van der Waals surface area contributed by atoms with Crippen molar-refractivity contribution in [3.05, 3.63) is 412 Å². The number of para-hydroxylation sites is 3. The molecule has 2 heterocycles. The Labute approximate surface area is 639 Å². The van der Waals surface area contributed by atoms with Gasteiger partial charge in [-0.25, -0.2) is 0 Å². The first-order valence-corrected chi connectivity index (χ1v) is 37.7. The van der Waals surface area contributed by atoms with E-state index in [9.17, 15) is 0 Å². The number of rotatable bonds is 15. The van der Waals surface area contributed by atoms with Crippen LogP contribution in [0, 0.1) is 13.8 Å². The first kappa shape index (κ1) is 65.2. The molecule has 4 heteroatoms. The smallest absolute Gasteiger partial charge is 0.143 e. The number of fused-ring (bicyclic) bond motifs is 8. The van der Waals surface area contributed by atoms with E-state index in [4.69, 9.17) is 8.83 Å². The van der Waals surface area contributed by atoms with Crippen molar-refractivity contribution in [1.29, 1.82) is 0 Å². The summed E-state index contributed by atoms with van der Waals surface area (Å²) in [6, 6.07) is 145. The largest absolute Gasteiger partial charge is 0.455 e. The lowest BCUT2D eigenvalue weighted by Crippen LogP contribution is -2.09. The number of anilines is 6. The lowest BCUT2D eigenvalue weighted by molar-refractivity contribution is 0.669. The van der Waals surface area contributed by atoms with Gasteiger partial charge in [0.15, 0.2) is 0 Å². The van der Waals surface area contributed by atoms with Crippen molar-refractivity contribution in [2.24, 2.45) is 0 Å². The zero-order valence-corrected chi connectivity index (χ0v) is 60.8. The maximum Gasteiger partial charge on any atom is 0.143 e. The lowest BCUT2D eigenvalue weighted by atomic mass is 9.92. The predicted molar refractivity (Wildman–Crippen MR) is 464 cm³/mol. The summed E-state index contributed by atoms with van der Waals surface area (Å²) in [6.45, 7) is 4.43. The summed E-state index contributed by atoms with van der Waals surface area (Å²) in [4.78, 5) is 4.70. The first-order valence-electron chi connectivity index (χ1n) is 37.7. The average Bonchev–Trinajstić information content (AvgIpc) is 1.65. The summed E-state index contributed by atoms with van der Waals surface area (Å²) in [5.41, 5.74) is 33.1. The zero-order chi connectivity index (χ0) is 73.2. The molecule has 518 valence electrons. The van der Waals surface area contributed by atoms with Gasteiger partial charge in [-0.1, -0.05) is 309 Å². The standard InChI is InChI=1S/C106H72N2O2/c1-69-35-36-78-20-7-9-25-93(78)103(69)81-39-37-72(38-40-81)74-43-56-86(57-44-74)107(85-54-41-73(42-55-85)71-17-4-3-5-18-71)90-64-51-80(52-65-90)96-29-15-32-100-104-94(27-16-34-102(104)110-106(96)100)84-23-12-22-82(68-84)75-45-58-87(59-46-75)108(89-62-49-79(50-63-89)95-28-14-31-99-98-26-10-11-33-101(98)109-105(95)99)88-60-47-76(48-61-88)83-53-66-91(70(2)67-83)97-30-13-21-77-19-6-8-24-92(77)97/h3-68H,1-2H3. The van der Waals surface area contributed by atoms with E-state index in [0.29, 0.717) is 0 Å². The third kappa shape index (κ3) is 11.8. The fourth-order valence-electron chi connectivity index (χ4n) is 16.7. The van der Waals surface area contributed by atoms with Gasteiger partial charge in [-0.2, -0.15) is 0 Å². The molecule has 0 bridgehead atoms. The SMILES string of the molecule is Cc1cc(-c2ccc(N(c3ccc(-c4cccc(-c5cccc6oc7c(-c8ccc(N(c9ccc(-c%10ccccc%10)cc9)c9ccc(-c%10ccc(-c%11c(C)ccc%12ccccc%11%12)cc%10)cc9)cc8)cccc7c56)c4)cc3)c3ccc(-c4cccc5c4oc4ccccc45)cc3)cc2)ccc1-c1cccc2ccccc12. The van der Waals surface area contributed by atoms with Crippen molar-refractivity contribution in [1.82, 2.24) is 0 Å². The van der Waals surface area contributed by atoms with Gasteiger partial charge < -0.3 is 18.6 Å². The van der Waals surface area contributed by atoms with Gasteiger partial charge in [-0.15, -0.1) is 0 Å². The molecule has 0 unspecified atom stereocenters. The number of hydrogen-bond donors (Lipinski definition) is 0. The molecule has 20 rings (SSSR count). The second kappa shape index (κ2) is 27.5. The summed E-state index contributed by atoms with van der Waals surface area (Å²) in [6.07, 6.45) is 0. The molecule has 0 aliphatic rings. The molecule has 0 atom stereocenters. The van der Waals surface area contributed by atoms with E-state index in [1.165, 1.54) is 77.2 Å². The average molecular weight is 1410 g/mol. The molecule has 0 saturated heterocycles. The van der Waals surface area contributed by atoms with Crippen LogP contribution in [0.25, 0.3) is 166 Å². The highest BCUT2D eigenvalue weighted by Gasteiger charge is 2.22. The molecule has 2 aromatic heterocycles. The van der Waals surface area contributed by atoms with E-state index in [2.05, 4.69) is 412 Å². The maximum absolute atomic E-state index is 6.99. The Morgan fingerprint density at radius 3 is 1.15 bits per heavy atom. The van der Waals surface area contributed by atoms with Crippen molar-refractivity contribution in [3.8, 4) is 100 Å². The molecule has 4 nitrogen and oxygen atoms in total. The monoisotopic (exact) mass is 1400 g/mol. The minimum absolute atomic E-state index is 0.846. The topological polar surface area (TPSA) is 32.8 Å². The molecule has 18 aromatic carbocycles. The van der Waals surface area contributed by atoms with E-state index in [1.54, 1.807) is 0 Å². The normalized spacial score (nSPS) is 11.5. The van der Waals surface area contributed by atoms with Crippen LogP contribution in [0.2, 0.25) is 0 Å². The van der Waals surface area contributed by atoms with Gasteiger partial charge in [0.2, 0.25) is 0 Å². The van der Waals surface area contributed by atoms with E-state index in [0.717, 1.165) is 134 Å². The fraction of sp³-hybridized carbons (Fsp3) is 0.0189. The predicted octanol–water partition coefficient (Wildman–Crippen LogP) is 30.4. The minimum Gasteiger partial charge on any atom is -0.455 e. The lowest BCUT2D eigenvalue weighted by Gasteiger charge is -2.26. The molecule has 0 amide bonds. The van der Waals surface area contributed by atoms with Gasteiger partial charge in [-0.3, -0.25) is 0 Å². The molecule has 0 spiro atoms. The molecule has 0 saturated carbocycles. The highest BCUT2D eigenvalue weighted by atomic mass is 16.3. The van der Waals surface area contributed by atoms with Crippen LogP contribution < -0.4 is 9.80 Å². The first-order chi connectivity index (χ1) is 54.3. The summed E-state index contributed by atoms with van der Waals surface area (Å²) in [5, 5.41) is 9.43. The van der Waals surface area contributed by atoms with Crippen molar-refractivity contribution in [3.63, 3.8) is 0 Å². The van der Waals surface area contributed by atoms with E-state index in [1.807, 2.05) is 12.1 Å². The number of nitrogens with zero attached hydrogens (tertiary/aromatic N) is 2. The summed E-state index contributed by atoms with van der Waals surface area (Å²) in [5.74, 6) is 0.